The molecule has 2 saturated heterocycles. The van der Waals surface area contributed by atoms with Crippen LogP contribution in [-0.4, -0.2) is 140 Å². The lowest BCUT2D eigenvalue weighted by Gasteiger charge is -2.46. The number of carbonyl (C=O) groups excluding carboxylic acids is 1. The van der Waals surface area contributed by atoms with Crippen molar-refractivity contribution in [2.45, 2.75) is 325 Å². The van der Waals surface area contributed by atoms with Crippen LogP contribution in [0.3, 0.4) is 0 Å². The molecular weight excluding hydrogens is 931 g/mol. The number of hydrogen-bond acceptors (Lipinski definition) is 13. The van der Waals surface area contributed by atoms with Gasteiger partial charge in [-0.1, -0.05) is 224 Å². The second-order valence-corrected chi connectivity index (χ2v) is 21.5. The van der Waals surface area contributed by atoms with Crippen molar-refractivity contribution in [3.63, 3.8) is 0 Å². The first-order chi connectivity index (χ1) is 35.6. The quantitative estimate of drug-likeness (QED) is 0.0204. The van der Waals surface area contributed by atoms with Gasteiger partial charge in [0, 0.05) is 6.42 Å². The third kappa shape index (κ3) is 31.5. The Hall–Kier alpha value is -1.53. The lowest BCUT2D eigenvalue weighted by molar-refractivity contribution is -0.359. The number of amides is 1. The Bertz CT molecular complexity index is 1320. The van der Waals surface area contributed by atoms with Gasteiger partial charge in [0.1, 0.15) is 48.8 Å². The summed E-state index contributed by atoms with van der Waals surface area (Å²) in [6.07, 6.45) is 36.4. The Balaban J connectivity index is 1.76. The van der Waals surface area contributed by atoms with Gasteiger partial charge in [-0.3, -0.25) is 4.79 Å². The van der Waals surface area contributed by atoms with Gasteiger partial charge in [0.25, 0.3) is 0 Å². The summed E-state index contributed by atoms with van der Waals surface area (Å²) in [5.74, 6) is -0.245. The van der Waals surface area contributed by atoms with Crippen LogP contribution in [0.15, 0.2) is 24.3 Å². The molecule has 12 atom stereocenters. The van der Waals surface area contributed by atoms with Crippen LogP contribution >= 0.6 is 0 Å². The van der Waals surface area contributed by atoms with Crippen molar-refractivity contribution in [1.29, 1.82) is 0 Å². The van der Waals surface area contributed by atoms with E-state index in [9.17, 15) is 45.6 Å². The van der Waals surface area contributed by atoms with Crippen LogP contribution < -0.4 is 5.32 Å². The number of ether oxygens (including phenoxy) is 4. The molecular formula is C59H111NO13. The zero-order valence-electron chi connectivity index (χ0n) is 46.1. The Morgan fingerprint density at radius 2 is 0.863 bits per heavy atom. The smallest absolute Gasteiger partial charge is 0.220 e. The van der Waals surface area contributed by atoms with Crippen LogP contribution in [0.5, 0.6) is 0 Å². The molecule has 0 spiro atoms. The normalized spacial score (nSPS) is 25.5. The van der Waals surface area contributed by atoms with E-state index in [0.29, 0.717) is 6.42 Å². The van der Waals surface area contributed by atoms with Crippen LogP contribution in [0.2, 0.25) is 0 Å². The van der Waals surface area contributed by atoms with Crippen LogP contribution in [0.25, 0.3) is 0 Å². The summed E-state index contributed by atoms with van der Waals surface area (Å²) >= 11 is 0. The maximum absolute atomic E-state index is 13.2. The predicted octanol–water partition coefficient (Wildman–Crippen LogP) is 10.1. The molecule has 430 valence electrons. The molecule has 0 saturated carbocycles. The fourth-order valence-corrected chi connectivity index (χ4v) is 9.99. The molecule has 0 radical (unpaired) electrons. The number of nitrogens with one attached hydrogen (secondary N) is 1. The fraction of sp³-hybridized carbons (Fsp3) is 0.915. The first-order valence-electron chi connectivity index (χ1n) is 30.1. The van der Waals surface area contributed by atoms with Gasteiger partial charge in [0.15, 0.2) is 12.6 Å². The fourth-order valence-electron chi connectivity index (χ4n) is 9.99. The van der Waals surface area contributed by atoms with E-state index in [0.717, 1.165) is 57.8 Å². The Morgan fingerprint density at radius 1 is 0.479 bits per heavy atom. The van der Waals surface area contributed by atoms with Crippen molar-refractivity contribution in [2.24, 2.45) is 0 Å². The second-order valence-electron chi connectivity index (χ2n) is 21.5. The number of unbranched alkanes of at least 4 members (excludes halogenated alkanes) is 33. The van der Waals surface area contributed by atoms with Gasteiger partial charge in [-0.05, 0) is 44.9 Å². The minimum atomic E-state index is -1.79. The van der Waals surface area contributed by atoms with E-state index < -0.39 is 86.8 Å². The average Bonchev–Trinajstić information content (AvgIpc) is 3.39. The zero-order chi connectivity index (χ0) is 53.2. The van der Waals surface area contributed by atoms with Crippen molar-refractivity contribution >= 4 is 5.91 Å². The van der Waals surface area contributed by atoms with Gasteiger partial charge < -0.3 is 65.1 Å². The summed E-state index contributed by atoms with van der Waals surface area (Å²) in [5.41, 5.74) is 0. The second kappa shape index (κ2) is 45.5. The third-order valence-electron chi connectivity index (χ3n) is 14.9. The first-order valence-corrected chi connectivity index (χ1v) is 30.1. The van der Waals surface area contributed by atoms with Crippen LogP contribution in [0.1, 0.15) is 251 Å². The lowest BCUT2D eigenvalue weighted by Crippen LogP contribution is -2.65. The molecule has 14 nitrogen and oxygen atoms in total. The Labute approximate surface area is 443 Å². The molecule has 0 aromatic rings. The Kier molecular flexibility index (Phi) is 42.1. The van der Waals surface area contributed by atoms with Gasteiger partial charge in [0.2, 0.25) is 5.91 Å². The van der Waals surface area contributed by atoms with Gasteiger partial charge in [-0.15, -0.1) is 0 Å². The van der Waals surface area contributed by atoms with Crippen LogP contribution in [0.4, 0.5) is 0 Å². The van der Waals surface area contributed by atoms with Gasteiger partial charge >= 0.3 is 0 Å². The summed E-state index contributed by atoms with van der Waals surface area (Å²) in [6.45, 7) is 2.81. The highest BCUT2D eigenvalue weighted by atomic mass is 16.7. The van der Waals surface area contributed by atoms with Crippen LogP contribution in [0, 0.1) is 0 Å². The highest BCUT2D eigenvalue weighted by Gasteiger charge is 2.51. The van der Waals surface area contributed by atoms with Gasteiger partial charge in [-0.25, -0.2) is 0 Å². The standard InChI is InChI=1S/C59H111NO13/c1-3-5-7-9-11-13-15-17-19-21-22-23-24-25-26-27-28-30-32-34-36-38-40-42-48(63)47(60-51(64)43-41-39-37-35-33-31-29-20-18-16-14-12-10-8-6-4-2)46-70-58-56(69)54(67)57(50(45-62)72-58)73-59-55(68)53(66)52(65)49(44-61)71-59/h20,29,40,42,47-50,52-59,61-63,65-69H,3-19,21-28,30-39,41,43-46H2,1-2H3,(H,60,64)/b29-20-,42-40+. The molecule has 2 rings (SSSR count). The van der Waals surface area contributed by atoms with Crippen molar-refractivity contribution < 1.29 is 64.6 Å². The number of aliphatic hydroxyl groups is 8. The largest absolute Gasteiger partial charge is 0.394 e. The number of aliphatic hydroxyl groups excluding tert-OH is 8. The molecule has 0 bridgehead atoms. The lowest BCUT2D eigenvalue weighted by atomic mass is 9.97. The number of rotatable bonds is 48. The molecule has 2 aliphatic rings. The van der Waals surface area contributed by atoms with Crippen molar-refractivity contribution in [3.8, 4) is 0 Å². The molecule has 0 aromatic heterocycles. The predicted molar refractivity (Wildman–Crippen MR) is 291 cm³/mol. The number of carbonyl (C=O) groups is 1. The van der Waals surface area contributed by atoms with Crippen molar-refractivity contribution in [2.75, 3.05) is 19.8 Å². The highest BCUT2D eigenvalue weighted by Crippen LogP contribution is 2.30. The Morgan fingerprint density at radius 3 is 1.30 bits per heavy atom. The maximum Gasteiger partial charge on any atom is 0.220 e. The molecule has 0 aromatic carbocycles. The maximum atomic E-state index is 13.2. The van der Waals surface area contributed by atoms with Gasteiger partial charge in [0.05, 0.1) is 32.0 Å². The summed E-state index contributed by atoms with van der Waals surface area (Å²) in [5, 5.41) is 87.1. The topological polar surface area (TPSA) is 228 Å². The average molecular weight is 1040 g/mol. The summed E-state index contributed by atoms with van der Waals surface area (Å²) < 4.78 is 22.8. The van der Waals surface area contributed by atoms with E-state index in [1.54, 1.807) is 6.08 Å². The molecule has 14 heteroatoms. The number of hydrogen-bond donors (Lipinski definition) is 9. The van der Waals surface area contributed by atoms with E-state index in [1.807, 2.05) is 6.08 Å². The molecule has 2 aliphatic heterocycles. The zero-order valence-corrected chi connectivity index (χ0v) is 46.1. The summed E-state index contributed by atoms with van der Waals surface area (Å²) in [6, 6.07) is -0.917. The third-order valence-corrected chi connectivity index (χ3v) is 14.9. The monoisotopic (exact) mass is 1040 g/mol. The highest BCUT2D eigenvalue weighted by molar-refractivity contribution is 5.76. The SMILES string of the molecule is CCCCCCCCC/C=C\CCCCCCCC(=O)NC(COC1OC(CO)C(OC2OC(CO)C(O)C(O)C2O)C(O)C1O)C(O)/C=C/CCCCCCCCCCCCCCCCCCCCCCC. The van der Waals surface area contributed by atoms with E-state index in [2.05, 4.69) is 31.3 Å². The molecule has 0 aliphatic carbocycles. The van der Waals surface area contributed by atoms with Crippen molar-refractivity contribution in [1.82, 2.24) is 5.32 Å². The molecule has 12 unspecified atom stereocenters. The summed E-state index contributed by atoms with van der Waals surface area (Å²) in [4.78, 5) is 13.2. The van der Waals surface area contributed by atoms with E-state index in [4.69, 9.17) is 18.9 Å². The molecule has 73 heavy (non-hydrogen) atoms. The van der Waals surface area contributed by atoms with Crippen molar-refractivity contribution in [3.05, 3.63) is 24.3 Å². The molecule has 1 amide bonds. The first kappa shape index (κ1) is 67.6. The van der Waals surface area contributed by atoms with E-state index in [-0.39, 0.29) is 18.9 Å². The summed E-state index contributed by atoms with van der Waals surface area (Å²) in [7, 11) is 0. The van der Waals surface area contributed by atoms with Gasteiger partial charge in [-0.2, -0.15) is 0 Å². The molecule has 2 heterocycles. The van der Waals surface area contributed by atoms with E-state index in [1.165, 1.54) is 167 Å². The molecule has 2 fully saturated rings. The minimum Gasteiger partial charge on any atom is -0.394 e. The number of allylic oxidation sites excluding steroid dienone is 3. The minimum absolute atomic E-state index is 0.245. The van der Waals surface area contributed by atoms with E-state index >= 15 is 0 Å². The molecule has 9 N–H and O–H groups in total. The van der Waals surface area contributed by atoms with Crippen LogP contribution in [-0.2, 0) is 23.7 Å².